The number of esters is 1. The smallest absolute Gasteiger partial charge is 0.410 e. The Labute approximate surface area is 134 Å². The molecule has 0 spiro atoms. The molecule has 0 saturated heterocycles. The lowest BCUT2D eigenvalue weighted by Gasteiger charge is -2.24. The molecule has 128 valence electrons. The maximum atomic E-state index is 11.9. The Morgan fingerprint density at radius 2 is 1.68 bits per heavy atom. The summed E-state index contributed by atoms with van der Waals surface area (Å²) in [6, 6.07) is 0. The number of ether oxygens (including phenoxy) is 2. The van der Waals surface area contributed by atoms with Gasteiger partial charge in [-0.1, -0.05) is 47.0 Å². The number of carbonyl (C=O) groups is 2. The third-order valence-corrected chi connectivity index (χ3v) is 3.85. The zero-order valence-corrected chi connectivity index (χ0v) is 14.4. The predicted molar refractivity (Wildman–Crippen MR) is 85.2 cm³/mol. The quantitative estimate of drug-likeness (QED) is 0.572. The Morgan fingerprint density at radius 1 is 1.05 bits per heavy atom. The van der Waals surface area contributed by atoms with Crippen LogP contribution in [0.1, 0.15) is 66.2 Å². The van der Waals surface area contributed by atoms with Crippen molar-refractivity contribution in [1.29, 1.82) is 0 Å². The molecule has 22 heavy (non-hydrogen) atoms. The van der Waals surface area contributed by atoms with Gasteiger partial charge in [-0.05, 0) is 24.7 Å². The first-order valence-electron chi connectivity index (χ1n) is 8.52. The number of hydrogen-bond acceptors (Lipinski definition) is 4. The number of rotatable bonds is 7. The highest BCUT2D eigenvalue weighted by molar-refractivity contribution is 5.70. The molecule has 0 radical (unpaired) electrons. The van der Waals surface area contributed by atoms with Crippen molar-refractivity contribution in [2.75, 3.05) is 6.54 Å². The molecule has 1 unspecified atom stereocenters. The van der Waals surface area contributed by atoms with Gasteiger partial charge in [-0.25, -0.2) is 4.79 Å². The van der Waals surface area contributed by atoms with Crippen LogP contribution in [0, 0.1) is 17.8 Å². The highest BCUT2D eigenvalue weighted by atomic mass is 16.7. The molecule has 1 N–H and O–H groups in total. The lowest BCUT2D eigenvalue weighted by Crippen LogP contribution is -2.37. The lowest BCUT2D eigenvalue weighted by molar-refractivity contribution is -0.175. The van der Waals surface area contributed by atoms with E-state index < -0.39 is 12.4 Å². The van der Waals surface area contributed by atoms with Gasteiger partial charge in [-0.2, -0.15) is 0 Å². The third-order valence-electron chi connectivity index (χ3n) is 3.85. The van der Waals surface area contributed by atoms with Crippen LogP contribution in [0.25, 0.3) is 0 Å². The summed E-state index contributed by atoms with van der Waals surface area (Å²) in [7, 11) is 0. The first-order valence-corrected chi connectivity index (χ1v) is 8.52. The minimum absolute atomic E-state index is 0.0726. The molecular formula is C17H31NO4. The van der Waals surface area contributed by atoms with Crippen LogP contribution in [0.3, 0.4) is 0 Å². The molecule has 5 heteroatoms. The van der Waals surface area contributed by atoms with E-state index in [0.717, 1.165) is 12.8 Å². The molecule has 1 atom stereocenters. The number of nitrogens with one attached hydrogen (secondary N) is 1. The topological polar surface area (TPSA) is 64.6 Å². The molecule has 0 heterocycles. The summed E-state index contributed by atoms with van der Waals surface area (Å²) in [4.78, 5) is 23.6. The van der Waals surface area contributed by atoms with E-state index in [9.17, 15) is 9.59 Å². The minimum atomic E-state index is -0.822. The second-order valence-corrected chi connectivity index (χ2v) is 6.99. The fourth-order valence-electron chi connectivity index (χ4n) is 2.57. The monoisotopic (exact) mass is 313 g/mol. The van der Waals surface area contributed by atoms with Crippen molar-refractivity contribution < 1.29 is 19.1 Å². The fourth-order valence-corrected chi connectivity index (χ4v) is 2.57. The lowest BCUT2D eigenvalue weighted by atomic mass is 9.89. The van der Waals surface area contributed by atoms with Gasteiger partial charge in [-0.3, -0.25) is 4.79 Å². The highest BCUT2D eigenvalue weighted by Crippen LogP contribution is 2.22. The molecule has 1 fully saturated rings. The second-order valence-electron chi connectivity index (χ2n) is 6.99. The number of hydrogen-bond donors (Lipinski definition) is 1. The summed E-state index contributed by atoms with van der Waals surface area (Å²) in [5, 5.41) is 2.80. The highest BCUT2D eigenvalue weighted by Gasteiger charge is 2.23. The third kappa shape index (κ3) is 7.66. The summed E-state index contributed by atoms with van der Waals surface area (Å²) in [5.74, 6) is 0.369. The van der Waals surface area contributed by atoms with Gasteiger partial charge < -0.3 is 14.8 Å². The van der Waals surface area contributed by atoms with Crippen molar-refractivity contribution in [1.82, 2.24) is 5.32 Å². The zero-order chi connectivity index (χ0) is 16.5. The largest absolute Gasteiger partial charge is 0.425 e. The van der Waals surface area contributed by atoms with Crippen LogP contribution < -0.4 is 5.32 Å². The zero-order valence-electron chi connectivity index (χ0n) is 14.4. The summed E-state index contributed by atoms with van der Waals surface area (Å²) < 4.78 is 10.5. The van der Waals surface area contributed by atoms with Crippen molar-refractivity contribution in [3.63, 3.8) is 0 Å². The van der Waals surface area contributed by atoms with Crippen molar-refractivity contribution in [2.24, 2.45) is 17.8 Å². The normalized spacial score (nSPS) is 17.4. The van der Waals surface area contributed by atoms with E-state index in [1.165, 1.54) is 19.3 Å². The van der Waals surface area contributed by atoms with E-state index in [1.807, 2.05) is 27.7 Å². The van der Waals surface area contributed by atoms with Gasteiger partial charge in [0.05, 0.1) is 0 Å². The fraction of sp³-hybridized carbons (Fsp3) is 0.882. The first-order chi connectivity index (χ1) is 10.4. The molecule has 0 aromatic carbocycles. The average molecular weight is 313 g/mol. The molecule has 1 rings (SSSR count). The van der Waals surface area contributed by atoms with Gasteiger partial charge in [0.2, 0.25) is 0 Å². The van der Waals surface area contributed by atoms with E-state index in [4.69, 9.17) is 9.47 Å². The SMILES string of the molecule is CC(C)CC(=O)OC(OC(=O)NCC1CCCCC1)C(C)C. The molecule has 0 aromatic heterocycles. The van der Waals surface area contributed by atoms with Crippen LogP contribution in [-0.2, 0) is 14.3 Å². The number of carbonyl (C=O) groups excluding carboxylic acids is 2. The van der Waals surface area contributed by atoms with Gasteiger partial charge in [-0.15, -0.1) is 0 Å². The molecule has 0 aromatic rings. The van der Waals surface area contributed by atoms with Crippen molar-refractivity contribution in [3.05, 3.63) is 0 Å². The van der Waals surface area contributed by atoms with E-state index >= 15 is 0 Å². The Morgan fingerprint density at radius 3 is 2.23 bits per heavy atom. The number of amides is 1. The van der Waals surface area contributed by atoms with E-state index in [2.05, 4.69) is 5.32 Å². The van der Waals surface area contributed by atoms with Crippen LogP contribution >= 0.6 is 0 Å². The molecule has 5 nitrogen and oxygen atoms in total. The molecular weight excluding hydrogens is 282 g/mol. The standard InChI is InChI=1S/C17H31NO4/c1-12(2)10-15(19)21-16(13(3)4)22-17(20)18-11-14-8-6-5-7-9-14/h12-14,16H,5-11H2,1-4H3,(H,18,20). The molecule has 1 saturated carbocycles. The van der Waals surface area contributed by atoms with Gasteiger partial charge in [0.1, 0.15) is 0 Å². The summed E-state index contributed by atoms with van der Waals surface area (Å²) in [6.07, 6.45) is 5.11. The van der Waals surface area contributed by atoms with Gasteiger partial charge in [0.15, 0.2) is 0 Å². The Balaban J connectivity index is 2.34. The van der Waals surface area contributed by atoms with Crippen LogP contribution in [-0.4, -0.2) is 24.9 Å². The molecule has 1 aliphatic carbocycles. The van der Waals surface area contributed by atoms with E-state index in [0.29, 0.717) is 18.9 Å². The second kappa shape index (κ2) is 9.70. The Kier molecular flexibility index (Phi) is 8.28. The number of alkyl carbamates (subject to hydrolysis) is 1. The molecule has 0 aliphatic heterocycles. The van der Waals surface area contributed by atoms with E-state index in [1.54, 1.807) is 0 Å². The van der Waals surface area contributed by atoms with Gasteiger partial charge >= 0.3 is 12.1 Å². The molecule has 1 amide bonds. The molecule has 1 aliphatic rings. The maximum Gasteiger partial charge on any atom is 0.410 e. The van der Waals surface area contributed by atoms with E-state index in [-0.39, 0.29) is 17.8 Å². The van der Waals surface area contributed by atoms with Crippen LogP contribution in [0.4, 0.5) is 4.79 Å². The summed E-state index contributed by atoms with van der Waals surface area (Å²) >= 11 is 0. The van der Waals surface area contributed by atoms with Crippen molar-refractivity contribution in [2.45, 2.75) is 72.5 Å². The van der Waals surface area contributed by atoms with Crippen LogP contribution in [0.2, 0.25) is 0 Å². The van der Waals surface area contributed by atoms with Gasteiger partial charge in [0, 0.05) is 18.9 Å². The maximum absolute atomic E-state index is 11.9. The molecule has 0 bridgehead atoms. The van der Waals surface area contributed by atoms with Crippen LogP contribution in [0.15, 0.2) is 0 Å². The summed E-state index contributed by atoms with van der Waals surface area (Å²) in [6.45, 7) is 8.26. The Hall–Kier alpha value is -1.26. The van der Waals surface area contributed by atoms with Crippen molar-refractivity contribution >= 4 is 12.1 Å². The van der Waals surface area contributed by atoms with Crippen molar-refractivity contribution in [3.8, 4) is 0 Å². The van der Waals surface area contributed by atoms with Gasteiger partial charge in [0.25, 0.3) is 6.29 Å². The Bertz CT molecular complexity index is 349. The first kappa shape index (κ1) is 18.8. The predicted octanol–water partition coefficient (Wildman–Crippen LogP) is 3.86. The van der Waals surface area contributed by atoms with Crippen LogP contribution in [0.5, 0.6) is 0 Å². The average Bonchev–Trinajstić information content (AvgIpc) is 2.44. The minimum Gasteiger partial charge on any atom is -0.425 e. The summed E-state index contributed by atoms with van der Waals surface area (Å²) in [5.41, 5.74) is 0.